The van der Waals surface area contributed by atoms with Crippen LogP contribution in [0.25, 0.3) is 11.5 Å². The van der Waals surface area contributed by atoms with E-state index in [1.807, 2.05) is 0 Å². The van der Waals surface area contributed by atoms with Crippen molar-refractivity contribution in [3.05, 3.63) is 18.9 Å². The van der Waals surface area contributed by atoms with E-state index in [0.29, 0.717) is 0 Å². The number of rotatable bonds is 1. The summed E-state index contributed by atoms with van der Waals surface area (Å²) < 4.78 is 0. The average molecular weight is 265 g/mol. The quantitative estimate of drug-likeness (QED) is 0.646. The van der Waals surface area contributed by atoms with Crippen molar-refractivity contribution in [2.75, 3.05) is 13.1 Å². The van der Waals surface area contributed by atoms with Crippen molar-refractivity contribution < 1.29 is 20.1 Å². The molecule has 0 saturated heterocycles. The van der Waals surface area contributed by atoms with Gasteiger partial charge in [0.25, 0.3) is 0 Å². The van der Waals surface area contributed by atoms with Crippen molar-refractivity contribution >= 4 is 0 Å². The zero-order chi connectivity index (χ0) is 3.41. The molecule has 0 fully saturated rings. The van der Waals surface area contributed by atoms with Crippen LogP contribution in [0.4, 0.5) is 0 Å². The van der Waals surface area contributed by atoms with Crippen LogP contribution in [0.1, 0.15) is 0 Å². The molecule has 0 aromatic heterocycles. The monoisotopic (exact) mass is 266 g/mol. The fraction of sp³-hybridized carbons (Fsp3) is 0.667. The maximum atomic E-state index is 6.26. The second-order valence-electron chi connectivity index (χ2n) is 0.500. The molecule has 0 spiro atoms. The first-order valence-corrected chi connectivity index (χ1v) is 1.21. The van der Waals surface area contributed by atoms with E-state index in [2.05, 4.69) is 0 Å². The number of nitrogens with one attached hydrogen (secondary N) is 2. The molecule has 0 rings (SSSR count). The molecule has 2 N–H and O–H groups in total. The molecule has 40 valence electrons. The minimum Gasteiger partial charge on any atom is -0.679 e. The Hall–Kier alpha value is 0.569. The standard InChI is InChI=1S/C2H6N2.CH3.Ir/c3-1-2-4;;/h3-4H,1-2H2;1H3;/q-2;-1;+3. The molecule has 0 bridgehead atoms. The molecule has 0 heterocycles. The van der Waals surface area contributed by atoms with Crippen LogP contribution >= 0.6 is 0 Å². The fourth-order valence-corrected chi connectivity index (χ4v) is 0. The van der Waals surface area contributed by atoms with Gasteiger partial charge in [0.05, 0.1) is 0 Å². The molecule has 0 atom stereocenters. The molecule has 3 heteroatoms. The van der Waals surface area contributed by atoms with E-state index in [9.17, 15) is 0 Å². The van der Waals surface area contributed by atoms with Crippen LogP contribution in [0.3, 0.4) is 0 Å². The van der Waals surface area contributed by atoms with Crippen molar-refractivity contribution in [1.29, 1.82) is 0 Å². The summed E-state index contributed by atoms with van der Waals surface area (Å²) in [7, 11) is 0. The normalized spacial score (nSPS) is 5.00. The van der Waals surface area contributed by atoms with Gasteiger partial charge in [0, 0.05) is 0 Å². The molecule has 0 radical (unpaired) electrons. The molecule has 0 saturated carbocycles. The molecule has 0 aliphatic rings. The average Bonchev–Trinajstić information content (AvgIpc) is 1.37. The largest absolute Gasteiger partial charge is 3.00 e. The Morgan fingerprint density at radius 3 is 1.17 bits per heavy atom. The summed E-state index contributed by atoms with van der Waals surface area (Å²) in [6.45, 7) is 0.472. The van der Waals surface area contributed by atoms with Gasteiger partial charge in [-0.3, -0.25) is 0 Å². The molecular weight excluding hydrogens is 256 g/mol. The predicted molar refractivity (Wildman–Crippen MR) is 24.8 cm³/mol. The van der Waals surface area contributed by atoms with E-state index in [1.54, 1.807) is 0 Å². The third-order valence-corrected chi connectivity index (χ3v) is 0.125. The van der Waals surface area contributed by atoms with Gasteiger partial charge >= 0.3 is 20.1 Å². The summed E-state index contributed by atoms with van der Waals surface area (Å²) in [6.07, 6.45) is 0. The first-order chi connectivity index (χ1) is 1.91. The van der Waals surface area contributed by atoms with E-state index < -0.39 is 0 Å². The van der Waals surface area contributed by atoms with E-state index in [1.165, 1.54) is 0 Å². The molecule has 0 aromatic carbocycles. The summed E-state index contributed by atoms with van der Waals surface area (Å²) >= 11 is 0. The predicted octanol–water partition coefficient (Wildman–Crippen LogP) is 1.54. The van der Waals surface area contributed by atoms with Gasteiger partial charge in [0.2, 0.25) is 0 Å². The molecule has 2 nitrogen and oxygen atoms in total. The van der Waals surface area contributed by atoms with Gasteiger partial charge < -0.3 is 18.9 Å². The van der Waals surface area contributed by atoms with Gasteiger partial charge in [0.15, 0.2) is 0 Å². The van der Waals surface area contributed by atoms with Gasteiger partial charge in [-0.05, 0) is 0 Å². The molecule has 0 aliphatic heterocycles. The first kappa shape index (κ1) is 16.0. The van der Waals surface area contributed by atoms with Crippen molar-refractivity contribution in [2.45, 2.75) is 0 Å². The van der Waals surface area contributed by atoms with Crippen LogP contribution in [0, 0.1) is 7.43 Å². The van der Waals surface area contributed by atoms with Crippen molar-refractivity contribution in [1.82, 2.24) is 0 Å². The van der Waals surface area contributed by atoms with Crippen LogP contribution in [0.5, 0.6) is 0 Å². The summed E-state index contributed by atoms with van der Waals surface area (Å²) in [4.78, 5) is 0. The van der Waals surface area contributed by atoms with Crippen molar-refractivity contribution in [3.8, 4) is 0 Å². The van der Waals surface area contributed by atoms with Gasteiger partial charge in [-0.2, -0.15) is 13.1 Å². The Morgan fingerprint density at radius 2 is 1.17 bits per heavy atom. The Labute approximate surface area is 52.6 Å². The zero-order valence-electron chi connectivity index (χ0n) is 3.75. The van der Waals surface area contributed by atoms with Gasteiger partial charge in [-0.25, -0.2) is 0 Å². The number of hydrogen-bond acceptors (Lipinski definition) is 0. The minimum atomic E-state index is 0. The SMILES string of the molecule is [CH3-].[Ir+3].[NH-]CC[NH-]. The Balaban J connectivity index is -0.0000000450. The topological polar surface area (TPSA) is 47.6 Å². The third-order valence-electron chi connectivity index (χ3n) is 0.125. The number of hydrogen-bond donors (Lipinski definition) is 0. The minimum absolute atomic E-state index is 0. The molecular formula is C3H9IrN2. The summed E-state index contributed by atoms with van der Waals surface area (Å²) in [5.74, 6) is 0. The molecule has 0 amide bonds. The fourth-order valence-electron chi connectivity index (χ4n) is 0. The van der Waals surface area contributed by atoms with Crippen LogP contribution in [-0.4, -0.2) is 13.1 Å². The van der Waals surface area contributed by atoms with Crippen LogP contribution < -0.4 is 0 Å². The maximum Gasteiger partial charge on any atom is 3.00 e. The van der Waals surface area contributed by atoms with Gasteiger partial charge in [-0.15, -0.1) is 0 Å². The Bertz CT molecular complexity index is 10.8. The summed E-state index contributed by atoms with van der Waals surface area (Å²) in [5.41, 5.74) is 12.5. The van der Waals surface area contributed by atoms with E-state index in [0.717, 1.165) is 0 Å². The Morgan fingerprint density at radius 1 is 1.00 bits per heavy atom. The third kappa shape index (κ3) is 23.6. The molecule has 0 unspecified atom stereocenters. The van der Waals surface area contributed by atoms with Crippen LogP contribution in [-0.2, 0) is 20.1 Å². The maximum absolute atomic E-state index is 6.26. The van der Waals surface area contributed by atoms with Gasteiger partial charge in [0.1, 0.15) is 0 Å². The molecule has 6 heavy (non-hydrogen) atoms. The Kier molecular flexibility index (Phi) is 47.0. The van der Waals surface area contributed by atoms with Crippen molar-refractivity contribution in [3.63, 3.8) is 0 Å². The van der Waals surface area contributed by atoms with E-state index in [-0.39, 0.29) is 40.6 Å². The molecule has 0 aliphatic carbocycles. The van der Waals surface area contributed by atoms with Gasteiger partial charge in [-0.1, -0.05) is 0 Å². The van der Waals surface area contributed by atoms with Crippen molar-refractivity contribution in [2.24, 2.45) is 0 Å². The van der Waals surface area contributed by atoms with E-state index in [4.69, 9.17) is 11.5 Å². The first-order valence-electron chi connectivity index (χ1n) is 1.21. The second kappa shape index (κ2) is 17.6. The summed E-state index contributed by atoms with van der Waals surface area (Å²) in [6, 6.07) is 0. The van der Waals surface area contributed by atoms with E-state index >= 15 is 0 Å². The molecule has 0 aromatic rings. The van der Waals surface area contributed by atoms with Crippen LogP contribution in [0.15, 0.2) is 0 Å². The smallest absolute Gasteiger partial charge is 0.679 e. The summed E-state index contributed by atoms with van der Waals surface area (Å²) in [5, 5.41) is 0. The second-order valence-corrected chi connectivity index (χ2v) is 0.500. The zero-order valence-corrected chi connectivity index (χ0v) is 6.14. The van der Waals surface area contributed by atoms with Crippen LogP contribution in [0.2, 0.25) is 0 Å².